The molecule has 3 heterocycles. The van der Waals surface area contributed by atoms with Crippen molar-refractivity contribution in [1.29, 1.82) is 5.26 Å². The highest BCUT2D eigenvalue weighted by Gasteiger charge is 2.32. The molecule has 0 spiro atoms. The Hall–Kier alpha value is -3.58. The van der Waals surface area contributed by atoms with Crippen molar-refractivity contribution in [2.75, 3.05) is 23.8 Å². The zero-order chi connectivity index (χ0) is 26.3. The normalized spacial score (nSPS) is 20.0. The maximum atomic E-state index is 13.8. The summed E-state index contributed by atoms with van der Waals surface area (Å²) in [7, 11) is 0. The van der Waals surface area contributed by atoms with Crippen LogP contribution >= 0.6 is 11.6 Å². The number of rotatable bonds is 7. The molecule has 6 rings (SSSR count). The van der Waals surface area contributed by atoms with E-state index in [1.165, 1.54) is 24.8 Å². The Kier molecular flexibility index (Phi) is 6.14. The van der Waals surface area contributed by atoms with Gasteiger partial charge in [-0.05, 0) is 55.5 Å². The number of nitriles is 1. The van der Waals surface area contributed by atoms with E-state index in [2.05, 4.69) is 37.8 Å². The van der Waals surface area contributed by atoms with Crippen LogP contribution in [0.4, 0.5) is 15.8 Å². The van der Waals surface area contributed by atoms with Gasteiger partial charge in [0.2, 0.25) is 0 Å². The molecule has 1 aromatic heterocycles. The molecular weight excluding hydrogens is 491 g/mol. The second kappa shape index (κ2) is 10.1. The minimum Gasteiger partial charge on any atom is -0.373 e. The molecule has 2 fully saturated rings. The monoisotopic (exact) mass is 519 g/mol. The lowest BCUT2D eigenvalue weighted by atomic mass is 10.0. The average molecular weight is 520 g/mol. The molecular formula is C27H28ClFN8. The van der Waals surface area contributed by atoms with E-state index < -0.39 is 6.02 Å². The summed E-state index contributed by atoms with van der Waals surface area (Å²) in [5.41, 5.74) is 13.0. The highest BCUT2D eigenvalue weighted by atomic mass is 35.5. The summed E-state index contributed by atoms with van der Waals surface area (Å²) in [6, 6.07) is 10.6. The Morgan fingerprint density at radius 1 is 1.19 bits per heavy atom. The van der Waals surface area contributed by atoms with Gasteiger partial charge in [0, 0.05) is 42.6 Å². The number of anilines is 2. The molecule has 1 saturated carbocycles. The van der Waals surface area contributed by atoms with Gasteiger partial charge in [0.1, 0.15) is 11.9 Å². The average Bonchev–Trinajstić information content (AvgIpc) is 3.65. The number of fused-ring (bicyclic) bond motifs is 1. The molecule has 0 radical (unpaired) electrons. The topological polar surface area (TPSA) is 91.3 Å². The lowest BCUT2D eigenvalue weighted by Crippen LogP contribution is -2.38. The fourth-order valence-electron chi connectivity index (χ4n) is 4.76. The maximum absolute atomic E-state index is 13.8. The minimum absolute atomic E-state index is 0.375. The van der Waals surface area contributed by atoms with Crippen LogP contribution in [0.25, 0.3) is 10.9 Å². The summed E-state index contributed by atoms with van der Waals surface area (Å²) < 4.78 is 23.4. The summed E-state index contributed by atoms with van der Waals surface area (Å²) in [5.74, 6) is -0.375. The fraction of sp³-hybridized carbons (Fsp3) is 0.333. The number of nitrogens with one attached hydrogen (secondary N) is 4. The third-order valence-corrected chi connectivity index (χ3v) is 7.16. The largest absolute Gasteiger partial charge is 0.373 e. The number of halogens is 2. The molecule has 1 saturated heterocycles. The summed E-state index contributed by atoms with van der Waals surface area (Å²) in [6.45, 7) is 1.76. The number of nitrogens with zero attached hydrogens (tertiary/aromatic N) is 4. The Labute approximate surface area is 221 Å². The number of piperidine rings is 1. The molecule has 0 amide bonds. The van der Waals surface area contributed by atoms with Crippen LogP contribution in [0.3, 0.4) is 0 Å². The van der Waals surface area contributed by atoms with Gasteiger partial charge in [-0.25, -0.2) is 9.40 Å². The molecule has 1 atom stereocenters. The van der Waals surface area contributed by atoms with Crippen LogP contribution in [-0.4, -0.2) is 34.1 Å². The molecule has 3 aliphatic rings. The first kappa shape index (κ1) is 22.6. The van der Waals surface area contributed by atoms with Crippen molar-refractivity contribution >= 4 is 33.9 Å². The quantitative estimate of drug-likeness (QED) is 0.339. The molecule has 8 nitrogen and oxygen atoms in total. The lowest BCUT2D eigenvalue weighted by molar-refractivity contribution is 0.260. The summed E-state index contributed by atoms with van der Waals surface area (Å²) in [5, 5.41) is 18.3. The molecule has 4 N–H and O–H groups in total. The molecule has 37 heavy (non-hydrogen) atoms. The molecule has 0 unspecified atom stereocenters. The van der Waals surface area contributed by atoms with E-state index in [-0.39, 0.29) is 5.82 Å². The van der Waals surface area contributed by atoms with E-state index in [0.29, 0.717) is 50.2 Å². The number of benzene rings is 2. The van der Waals surface area contributed by atoms with E-state index in [4.69, 9.17) is 11.6 Å². The molecule has 190 valence electrons. The van der Waals surface area contributed by atoms with Crippen LogP contribution in [0.15, 0.2) is 54.5 Å². The SMILES string of the molecule is [2H][C@](Nc1cc(Cl)c2ncc(C#N)c(NN3CCCCC3)c2c1)(C1=CN(C2CC2)NN1)c1ccc(F)cc1. The van der Waals surface area contributed by atoms with Crippen LogP contribution < -0.4 is 21.7 Å². The van der Waals surface area contributed by atoms with E-state index in [0.717, 1.165) is 38.8 Å². The Bertz CT molecular complexity index is 1430. The highest BCUT2D eigenvalue weighted by molar-refractivity contribution is 6.35. The van der Waals surface area contributed by atoms with Crippen molar-refractivity contribution in [1.82, 2.24) is 26.0 Å². The van der Waals surface area contributed by atoms with Crippen LogP contribution in [0.2, 0.25) is 5.02 Å². The van der Waals surface area contributed by atoms with Gasteiger partial charge in [-0.15, -0.1) is 5.53 Å². The van der Waals surface area contributed by atoms with Gasteiger partial charge in [-0.2, -0.15) is 5.26 Å². The van der Waals surface area contributed by atoms with Gasteiger partial charge in [0.05, 0.1) is 34.9 Å². The maximum Gasteiger partial charge on any atom is 0.123 e. The third-order valence-electron chi connectivity index (χ3n) is 6.87. The summed E-state index contributed by atoms with van der Waals surface area (Å²) in [6.07, 6.45) is 8.92. The van der Waals surface area contributed by atoms with Crippen molar-refractivity contribution < 1.29 is 5.76 Å². The van der Waals surface area contributed by atoms with Gasteiger partial charge in [-0.3, -0.25) is 9.99 Å². The van der Waals surface area contributed by atoms with Crippen molar-refractivity contribution in [3.05, 3.63) is 76.5 Å². The number of hydrazine groups is 3. The highest BCUT2D eigenvalue weighted by Crippen LogP contribution is 2.37. The Morgan fingerprint density at radius 3 is 2.70 bits per heavy atom. The second-order valence-corrected chi connectivity index (χ2v) is 10.0. The zero-order valence-electron chi connectivity index (χ0n) is 21.2. The van der Waals surface area contributed by atoms with Crippen molar-refractivity contribution in [3.63, 3.8) is 0 Å². The third kappa shape index (κ3) is 5.01. The van der Waals surface area contributed by atoms with E-state index in [1.54, 1.807) is 18.2 Å². The first-order valence-corrected chi connectivity index (χ1v) is 12.9. The number of hydrogen-bond donors (Lipinski definition) is 4. The van der Waals surface area contributed by atoms with Crippen molar-refractivity contribution in [2.24, 2.45) is 0 Å². The smallest absolute Gasteiger partial charge is 0.123 e. The van der Waals surface area contributed by atoms with E-state index in [1.807, 2.05) is 17.3 Å². The molecule has 3 aromatic rings. The summed E-state index contributed by atoms with van der Waals surface area (Å²) in [4.78, 5) is 4.45. The number of hydrogen-bond acceptors (Lipinski definition) is 8. The van der Waals surface area contributed by atoms with Gasteiger partial charge >= 0.3 is 0 Å². The zero-order valence-corrected chi connectivity index (χ0v) is 20.9. The Morgan fingerprint density at radius 2 is 1.97 bits per heavy atom. The Balaban J connectivity index is 1.42. The van der Waals surface area contributed by atoms with Crippen LogP contribution in [0, 0.1) is 17.1 Å². The van der Waals surface area contributed by atoms with Crippen LogP contribution in [-0.2, 0) is 0 Å². The van der Waals surface area contributed by atoms with E-state index in [9.17, 15) is 11.0 Å². The standard InChI is InChI=1S/C27H28ClFN8/c28-23-13-20(12-22-25(18(14-30)15-31-27(22)23)34-36-10-2-1-3-11-36)32-26(17-4-6-19(29)7-5-17)24-16-37(35-33-24)21-8-9-21/h4-7,12-13,15-16,21,26,32-33,35H,1-3,8-11H2,(H,31,34)/t26-/m1/s1/i26D. The fourth-order valence-corrected chi connectivity index (χ4v) is 5.03. The molecule has 0 bridgehead atoms. The predicted octanol–water partition coefficient (Wildman–Crippen LogP) is 5.19. The summed E-state index contributed by atoms with van der Waals surface area (Å²) >= 11 is 6.71. The minimum atomic E-state index is -1.50. The van der Waals surface area contributed by atoms with Crippen molar-refractivity contribution in [3.8, 4) is 6.07 Å². The van der Waals surface area contributed by atoms with Gasteiger partial charge in [-0.1, -0.05) is 30.2 Å². The number of pyridine rings is 1. The molecule has 10 heteroatoms. The van der Waals surface area contributed by atoms with Crippen LogP contribution in [0.1, 0.15) is 50.6 Å². The first-order chi connectivity index (χ1) is 18.4. The molecule has 2 aliphatic heterocycles. The van der Waals surface area contributed by atoms with Gasteiger partial charge in [0.25, 0.3) is 0 Å². The van der Waals surface area contributed by atoms with Crippen LogP contribution in [0.5, 0.6) is 0 Å². The molecule has 2 aromatic carbocycles. The van der Waals surface area contributed by atoms with Gasteiger partial charge < -0.3 is 16.2 Å². The first-order valence-electron chi connectivity index (χ1n) is 13.0. The second-order valence-electron chi connectivity index (χ2n) is 9.60. The van der Waals surface area contributed by atoms with Gasteiger partial charge in [0.15, 0.2) is 0 Å². The number of aromatic nitrogens is 1. The predicted molar refractivity (Wildman–Crippen MR) is 142 cm³/mol. The van der Waals surface area contributed by atoms with Crippen molar-refractivity contribution in [2.45, 2.75) is 44.2 Å². The van der Waals surface area contributed by atoms with E-state index >= 15 is 0 Å². The lowest BCUT2D eigenvalue weighted by Gasteiger charge is -2.29. The molecule has 1 aliphatic carbocycles.